The van der Waals surface area contributed by atoms with E-state index in [1.54, 1.807) is 49.4 Å². The molecular formula is C20H20N2O4S2. The van der Waals surface area contributed by atoms with Crippen molar-refractivity contribution in [1.29, 1.82) is 0 Å². The van der Waals surface area contributed by atoms with Gasteiger partial charge in [0.2, 0.25) is 0 Å². The number of hydrogen-bond acceptors (Lipinski definition) is 6. The van der Waals surface area contributed by atoms with Crippen molar-refractivity contribution >= 4 is 32.8 Å². The molecule has 0 amide bonds. The Morgan fingerprint density at radius 2 is 1.89 bits per heavy atom. The van der Waals surface area contributed by atoms with Crippen LogP contribution in [0, 0.1) is 6.92 Å². The first-order chi connectivity index (χ1) is 13.3. The number of carbonyl (C=O) groups excluding carboxylic acids is 1. The van der Waals surface area contributed by atoms with E-state index in [1.165, 1.54) is 18.3 Å². The van der Waals surface area contributed by atoms with Crippen molar-refractivity contribution in [3.05, 3.63) is 58.4 Å². The molecule has 0 atom stereocenters. The van der Waals surface area contributed by atoms with E-state index in [0.717, 1.165) is 5.01 Å². The van der Waals surface area contributed by atoms with E-state index in [0.29, 0.717) is 29.1 Å². The molecule has 3 aromatic rings. The molecule has 0 aliphatic carbocycles. The zero-order valence-electron chi connectivity index (χ0n) is 15.7. The van der Waals surface area contributed by atoms with Crippen molar-refractivity contribution in [3.8, 4) is 17.0 Å². The minimum Gasteiger partial charge on any atom is -0.492 e. The predicted molar refractivity (Wildman–Crippen MR) is 111 cm³/mol. The fourth-order valence-corrected chi connectivity index (χ4v) is 4.48. The first kappa shape index (κ1) is 20.0. The Bertz CT molecular complexity index is 1100. The van der Waals surface area contributed by atoms with Crippen LogP contribution in [-0.2, 0) is 10.0 Å². The summed E-state index contributed by atoms with van der Waals surface area (Å²) in [7, 11) is -3.91. The van der Waals surface area contributed by atoms with Crippen LogP contribution in [0.4, 0.5) is 5.69 Å². The standard InChI is InChI=1S/C20H20N2O4S2/c1-4-26-19-10-7-16(18-12-27-14(3)21-18)11-20(19)28(24,25)22-17-8-5-15(6-9-17)13(2)23/h5-12,22H,4H2,1-3H3. The lowest BCUT2D eigenvalue weighted by Gasteiger charge is -2.14. The molecule has 6 nitrogen and oxygen atoms in total. The van der Waals surface area contributed by atoms with Crippen molar-refractivity contribution in [3.63, 3.8) is 0 Å². The number of ketones is 1. The zero-order chi connectivity index (χ0) is 20.3. The zero-order valence-corrected chi connectivity index (χ0v) is 17.4. The van der Waals surface area contributed by atoms with Crippen LogP contribution in [0.3, 0.4) is 0 Å². The fraction of sp³-hybridized carbons (Fsp3) is 0.200. The number of sulfonamides is 1. The summed E-state index contributed by atoms with van der Waals surface area (Å²) in [5.41, 5.74) is 2.29. The van der Waals surface area contributed by atoms with Gasteiger partial charge in [-0.1, -0.05) is 0 Å². The Balaban J connectivity index is 1.99. The van der Waals surface area contributed by atoms with Gasteiger partial charge in [0.15, 0.2) is 5.78 Å². The number of benzene rings is 2. The molecule has 0 unspecified atom stereocenters. The highest BCUT2D eigenvalue weighted by atomic mass is 32.2. The largest absolute Gasteiger partial charge is 0.492 e. The second-order valence-corrected chi connectivity index (χ2v) is 8.80. The quantitative estimate of drug-likeness (QED) is 0.572. The Hall–Kier alpha value is -2.71. The number of rotatable bonds is 7. The second kappa shape index (κ2) is 8.12. The Labute approximate surface area is 168 Å². The van der Waals surface area contributed by atoms with Gasteiger partial charge < -0.3 is 4.74 Å². The summed E-state index contributed by atoms with van der Waals surface area (Å²) >= 11 is 1.50. The van der Waals surface area contributed by atoms with Crippen molar-refractivity contribution in [2.75, 3.05) is 11.3 Å². The van der Waals surface area contributed by atoms with Crippen molar-refractivity contribution in [1.82, 2.24) is 4.98 Å². The Morgan fingerprint density at radius 3 is 2.46 bits per heavy atom. The molecule has 1 aromatic heterocycles. The van der Waals surface area contributed by atoms with Crippen LogP contribution in [0.5, 0.6) is 5.75 Å². The summed E-state index contributed by atoms with van der Waals surface area (Å²) in [6.45, 7) is 5.48. The minimum atomic E-state index is -3.91. The van der Waals surface area contributed by atoms with E-state index in [1.807, 2.05) is 12.3 Å². The summed E-state index contributed by atoms with van der Waals surface area (Å²) in [5, 5.41) is 2.78. The molecule has 0 spiro atoms. The van der Waals surface area contributed by atoms with E-state index in [9.17, 15) is 13.2 Å². The van der Waals surface area contributed by atoms with Gasteiger partial charge in [-0.2, -0.15) is 0 Å². The summed E-state index contributed by atoms with van der Waals surface area (Å²) in [6.07, 6.45) is 0. The van der Waals surface area contributed by atoms with Crippen molar-refractivity contribution < 1.29 is 17.9 Å². The van der Waals surface area contributed by atoms with Crippen LogP contribution in [0.1, 0.15) is 29.2 Å². The number of Topliss-reactive ketones (excluding diaryl/α,β-unsaturated/α-hetero) is 1. The predicted octanol–water partition coefficient (Wildman–Crippen LogP) is 4.52. The number of nitrogens with zero attached hydrogens (tertiary/aromatic N) is 1. The number of anilines is 1. The van der Waals surface area contributed by atoms with Crippen LogP contribution in [0.15, 0.2) is 52.7 Å². The third-order valence-corrected chi connectivity index (χ3v) is 6.17. The van der Waals surface area contributed by atoms with Gasteiger partial charge in [0, 0.05) is 22.2 Å². The first-order valence-electron chi connectivity index (χ1n) is 8.63. The molecule has 8 heteroatoms. The van der Waals surface area contributed by atoms with Gasteiger partial charge in [0.25, 0.3) is 10.0 Å². The molecule has 0 aliphatic rings. The SMILES string of the molecule is CCOc1ccc(-c2csc(C)n2)cc1S(=O)(=O)Nc1ccc(C(C)=O)cc1. The molecule has 1 heterocycles. The summed E-state index contributed by atoms with van der Waals surface area (Å²) in [6, 6.07) is 11.3. The van der Waals surface area contributed by atoms with Crippen molar-refractivity contribution in [2.45, 2.75) is 25.7 Å². The van der Waals surface area contributed by atoms with Crippen LogP contribution in [-0.4, -0.2) is 25.8 Å². The fourth-order valence-electron chi connectivity index (χ4n) is 2.63. The van der Waals surface area contributed by atoms with Gasteiger partial charge in [-0.05, 0) is 63.2 Å². The van der Waals surface area contributed by atoms with E-state index >= 15 is 0 Å². The molecule has 0 saturated heterocycles. The molecule has 0 aliphatic heterocycles. The van der Waals surface area contributed by atoms with Crippen LogP contribution in [0.2, 0.25) is 0 Å². The first-order valence-corrected chi connectivity index (χ1v) is 11.0. The van der Waals surface area contributed by atoms with Crippen LogP contribution >= 0.6 is 11.3 Å². The smallest absolute Gasteiger partial charge is 0.265 e. The molecule has 146 valence electrons. The van der Waals surface area contributed by atoms with Crippen LogP contribution in [0.25, 0.3) is 11.3 Å². The Morgan fingerprint density at radius 1 is 1.18 bits per heavy atom. The number of hydrogen-bond donors (Lipinski definition) is 1. The van der Waals surface area contributed by atoms with E-state index in [2.05, 4.69) is 9.71 Å². The van der Waals surface area contributed by atoms with Gasteiger partial charge in [-0.3, -0.25) is 9.52 Å². The molecule has 2 aromatic carbocycles. The molecule has 0 saturated carbocycles. The normalized spacial score (nSPS) is 11.2. The highest BCUT2D eigenvalue weighted by molar-refractivity contribution is 7.92. The third-order valence-electron chi connectivity index (χ3n) is 3.99. The highest BCUT2D eigenvalue weighted by Gasteiger charge is 2.21. The maximum Gasteiger partial charge on any atom is 0.265 e. The van der Waals surface area contributed by atoms with Crippen LogP contribution < -0.4 is 9.46 Å². The van der Waals surface area contributed by atoms with Gasteiger partial charge >= 0.3 is 0 Å². The minimum absolute atomic E-state index is 0.0353. The van der Waals surface area contributed by atoms with E-state index in [4.69, 9.17) is 4.74 Å². The summed E-state index contributed by atoms with van der Waals surface area (Å²) < 4.78 is 34.1. The van der Waals surface area contributed by atoms with E-state index < -0.39 is 10.0 Å². The summed E-state index contributed by atoms with van der Waals surface area (Å²) in [5.74, 6) is 0.186. The molecule has 28 heavy (non-hydrogen) atoms. The molecule has 0 bridgehead atoms. The second-order valence-electron chi connectivity index (χ2n) is 6.09. The number of nitrogens with one attached hydrogen (secondary N) is 1. The monoisotopic (exact) mass is 416 g/mol. The third kappa shape index (κ3) is 4.40. The molecule has 0 radical (unpaired) electrons. The maximum atomic E-state index is 13.0. The molecule has 0 fully saturated rings. The Kier molecular flexibility index (Phi) is 5.81. The number of aryl methyl sites for hydroxylation is 1. The summed E-state index contributed by atoms with van der Waals surface area (Å²) in [4.78, 5) is 15.8. The lowest BCUT2D eigenvalue weighted by atomic mass is 10.1. The molecular weight excluding hydrogens is 396 g/mol. The molecule has 3 rings (SSSR count). The van der Waals surface area contributed by atoms with E-state index in [-0.39, 0.29) is 16.4 Å². The number of carbonyl (C=O) groups is 1. The van der Waals surface area contributed by atoms with Gasteiger partial charge in [-0.25, -0.2) is 13.4 Å². The highest BCUT2D eigenvalue weighted by Crippen LogP contribution is 2.32. The van der Waals surface area contributed by atoms with Gasteiger partial charge in [-0.15, -0.1) is 11.3 Å². The van der Waals surface area contributed by atoms with Gasteiger partial charge in [0.1, 0.15) is 10.6 Å². The number of thiazole rings is 1. The lowest BCUT2D eigenvalue weighted by molar-refractivity contribution is 0.101. The average Bonchev–Trinajstić information content (AvgIpc) is 3.08. The van der Waals surface area contributed by atoms with Gasteiger partial charge in [0.05, 0.1) is 17.3 Å². The van der Waals surface area contributed by atoms with Crippen molar-refractivity contribution in [2.24, 2.45) is 0 Å². The average molecular weight is 417 g/mol. The number of ether oxygens (including phenoxy) is 1. The molecule has 1 N–H and O–H groups in total. The topological polar surface area (TPSA) is 85.4 Å². The number of aromatic nitrogens is 1. The lowest BCUT2D eigenvalue weighted by Crippen LogP contribution is -2.15. The maximum absolute atomic E-state index is 13.0.